The Balaban J connectivity index is 2.17. The lowest BCUT2D eigenvalue weighted by Gasteiger charge is -2.45. The minimum absolute atomic E-state index is 0.141. The number of hydrogen-bond acceptors (Lipinski definition) is 4. The topological polar surface area (TPSA) is 69.7 Å². The van der Waals surface area contributed by atoms with Crippen molar-refractivity contribution in [2.75, 3.05) is 25.4 Å². The predicted molar refractivity (Wildman–Crippen MR) is 105 cm³/mol. The van der Waals surface area contributed by atoms with E-state index in [0.717, 1.165) is 19.4 Å². The summed E-state index contributed by atoms with van der Waals surface area (Å²) in [7, 11) is -3.17. The van der Waals surface area contributed by atoms with Gasteiger partial charge in [0.25, 0.3) is 0 Å². The third kappa shape index (κ3) is 4.60. The Bertz CT molecular complexity index is 583. The lowest BCUT2D eigenvalue weighted by molar-refractivity contribution is -0.134. The number of rotatable bonds is 8. The molecule has 1 amide bonds. The molecular formula is C19H37N3O3S. The molecule has 26 heavy (non-hydrogen) atoms. The van der Waals surface area contributed by atoms with Crippen LogP contribution in [-0.2, 0) is 14.8 Å². The van der Waals surface area contributed by atoms with E-state index in [4.69, 9.17) is 0 Å². The number of piperidine rings is 1. The van der Waals surface area contributed by atoms with Crippen LogP contribution in [0.2, 0.25) is 0 Å². The normalized spacial score (nSPS) is 25.4. The number of carbonyl (C=O) groups excluding carboxylic acids is 1. The standard InChI is InChI=1S/C19H37N3O3S/c1-6-12-26(24,25)21-10-8-19(9-11-21)20-17(13-15(3)4)18(23)22(19)14-16(5)7-2/h15-17,20H,6-14H2,1-5H3/t16-,17-/m0/s1. The monoisotopic (exact) mass is 387 g/mol. The second kappa shape index (κ2) is 8.57. The van der Waals surface area contributed by atoms with Crippen LogP contribution in [0.1, 0.15) is 66.7 Å². The van der Waals surface area contributed by atoms with Gasteiger partial charge in [0.2, 0.25) is 15.9 Å². The quantitative estimate of drug-likeness (QED) is 0.694. The molecule has 0 radical (unpaired) electrons. The second-order valence-electron chi connectivity index (χ2n) is 8.54. The first-order chi connectivity index (χ1) is 12.1. The average Bonchev–Trinajstić information content (AvgIpc) is 2.80. The van der Waals surface area contributed by atoms with E-state index in [1.54, 1.807) is 4.31 Å². The molecule has 0 unspecified atom stereocenters. The molecule has 152 valence electrons. The van der Waals surface area contributed by atoms with Crippen LogP contribution >= 0.6 is 0 Å². The third-order valence-electron chi connectivity index (χ3n) is 5.83. The number of carbonyl (C=O) groups is 1. The van der Waals surface area contributed by atoms with Gasteiger partial charge < -0.3 is 4.90 Å². The molecule has 0 aromatic rings. The number of amides is 1. The van der Waals surface area contributed by atoms with Crippen molar-refractivity contribution in [1.82, 2.24) is 14.5 Å². The lowest BCUT2D eigenvalue weighted by atomic mass is 9.95. The third-order valence-corrected chi connectivity index (χ3v) is 7.90. The van der Waals surface area contributed by atoms with Gasteiger partial charge >= 0.3 is 0 Å². The van der Waals surface area contributed by atoms with E-state index < -0.39 is 10.0 Å². The maximum Gasteiger partial charge on any atom is 0.241 e. The molecular weight excluding hydrogens is 350 g/mol. The molecule has 2 saturated heterocycles. The van der Waals surface area contributed by atoms with Gasteiger partial charge in [-0.05, 0) is 37.5 Å². The zero-order valence-corrected chi connectivity index (χ0v) is 17.9. The highest BCUT2D eigenvalue weighted by Crippen LogP contribution is 2.35. The molecule has 6 nitrogen and oxygen atoms in total. The average molecular weight is 388 g/mol. The first kappa shape index (κ1) is 21.6. The molecule has 1 spiro atoms. The van der Waals surface area contributed by atoms with E-state index in [1.165, 1.54) is 0 Å². The van der Waals surface area contributed by atoms with E-state index >= 15 is 0 Å². The van der Waals surface area contributed by atoms with Crippen molar-refractivity contribution in [3.63, 3.8) is 0 Å². The number of sulfonamides is 1. The van der Waals surface area contributed by atoms with Crippen molar-refractivity contribution in [1.29, 1.82) is 0 Å². The summed E-state index contributed by atoms with van der Waals surface area (Å²) in [6.07, 6.45) is 3.85. The lowest BCUT2D eigenvalue weighted by Crippen LogP contribution is -2.60. The Morgan fingerprint density at radius 2 is 1.81 bits per heavy atom. The summed E-state index contributed by atoms with van der Waals surface area (Å²) in [5.74, 6) is 1.29. The Labute approximate surface area is 159 Å². The van der Waals surface area contributed by atoms with E-state index in [9.17, 15) is 13.2 Å². The smallest absolute Gasteiger partial charge is 0.241 e. The van der Waals surface area contributed by atoms with Gasteiger partial charge in [-0.15, -0.1) is 0 Å². The zero-order chi connectivity index (χ0) is 19.5. The number of hydrogen-bond donors (Lipinski definition) is 1. The van der Waals surface area contributed by atoms with E-state index in [0.29, 0.717) is 44.2 Å². The fraction of sp³-hybridized carbons (Fsp3) is 0.947. The van der Waals surface area contributed by atoms with Crippen LogP contribution in [-0.4, -0.2) is 60.6 Å². The SMILES string of the molecule is CCCS(=O)(=O)N1CCC2(CC1)N[C@@H](CC(C)C)C(=O)N2C[C@@H](C)CC. The Morgan fingerprint density at radius 1 is 1.19 bits per heavy atom. The van der Waals surface area contributed by atoms with Crippen molar-refractivity contribution < 1.29 is 13.2 Å². The van der Waals surface area contributed by atoms with Crippen molar-refractivity contribution in [3.8, 4) is 0 Å². The molecule has 2 fully saturated rings. The highest BCUT2D eigenvalue weighted by molar-refractivity contribution is 7.89. The van der Waals surface area contributed by atoms with Gasteiger partial charge in [-0.3, -0.25) is 10.1 Å². The van der Waals surface area contributed by atoms with Gasteiger partial charge in [-0.25, -0.2) is 12.7 Å². The Kier molecular flexibility index (Phi) is 7.13. The van der Waals surface area contributed by atoms with Gasteiger partial charge in [-0.1, -0.05) is 41.0 Å². The van der Waals surface area contributed by atoms with Gasteiger partial charge in [0.15, 0.2) is 0 Å². The largest absolute Gasteiger partial charge is 0.323 e. The first-order valence-electron chi connectivity index (χ1n) is 10.2. The number of nitrogens with one attached hydrogen (secondary N) is 1. The first-order valence-corrected chi connectivity index (χ1v) is 11.8. The molecule has 1 N–H and O–H groups in total. The van der Waals surface area contributed by atoms with Crippen molar-refractivity contribution in [3.05, 3.63) is 0 Å². The van der Waals surface area contributed by atoms with E-state index in [-0.39, 0.29) is 23.4 Å². The summed E-state index contributed by atoms with van der Waals surface area (Å²) >= 11 is 0. The van der Waals surface area contributed by atoms with Gasteiger partial charge in [0.05, 0.1) is 17.5 Å². The maximum atomic E-state index is 13.1. The Morgan fingerprint density at radius 3 is 2.31 bits per heavy atom. The van der Waals surface area contributed by atoms with Crippen LogP contribution in [0.25, 0.3) is 0 Å². The van der Waals surface area contributed by atoms with E-state index in [2.05, 4.69) is 33.0 Å². The van der Waals surface area contributed by atoms with Gasteiger partial charge in [0, 0.05) is 19.6 Å². The summed E-state index contributed by atoms with van der Waals surface area (Å²) in [6, 6.07) is -0.141. The van der Waals surface area contributed by atoms with Crippen molar-refractivity contribution >= 4 is 15.9 Å². The second-order valence-corrected chi connectivity index (χ2v) is 10.6. The van der Waals surface area contributed by atoms with Gasteiger partial charge in [0.1, 0.15) is 0 Å². The predicted octanol–water partition coefficient (Wildman–Crippen LogP) is 2.41. The highest BCUT2D eigenvalue weighted by atomic mass is 32.2. The zero-order valence-electron chi connectivity index (χ0n) is 17.1. The van der Waals surface area contributed by atoms with Crippen LogP contribution in [0.5, 0.6) is 0 Å². The van der Waals surface area contributed by atoms with Crippen LogP contribution in [0.15, 0.2) is 0 Å². The molecule has 0 aliphatic carbocycles. The van der Waals surface area contributed by atoms with E-state index in [1.807, 2.05) is 11.8 Å². The van der Waals surface area contributed by atoms with Crippen molar-refractivity contribution in [2.45, 2.75) is 78.4 Å². The molecule has 0 aromatic heterocycles. The van der Waals surface area contributed by atoms with Gasteiger partial charge in [-0.2, -0.15) is 0 Å². The summed E-state index contributed by atoms with van der Waals surface area (Å²) in [5, 5.41) is 3.63. The molecule has 2 atom stereocenters. The highest BCUT2D eigenvalue weighted by Gasteiger charge is 2.52. The molecule has 7 heteroatoms. The minimum Gasteiger partial charge on any atom is -0.323 e. The van der Waals surface area contributed by atoms with Crippen LogP contribution in [0.4, 0.5) is 0 Å². The molecule has 2 heterocycles. The minimum atomic E-state index is -3.17. The summed E-state index contributed by atoms with van der Waals surface area (Å²) in [6.45, 7) is 12.2. The van der Waals surface area contributed by atoms with Crippen molar-refractivity contribution in [2.24, 2.45) is 11.8 Å². The van der Waals surface area contributed by atoms with Crippen LogP contribution in [0.3, 0.4) is 0 Å². The maximum absolute atomic E-state index is 13.1. The summed E-state index contributed by atoms with van der Waals surface area (Å²) < 4.78 is 26.4. The molecule has 2 aliphatic heterocycles. The molecule has 0 bridgehead atoms. The molecule has 0 aromatic carbocycles. The number of nitrogens with zero attached hydrogens (tertiary/aromatic N) is 2. The Hall–Kier alpha value is -0.660. The summed E-state index contributed by atoms with van der Waals surface area (Å²) in [4.78, 5) is 15.1. The fourth-order valence-corrected chi connectivity index (χ4v) is 5.65. The van der Waals surface area contributed by atoms with Crippen LogP contribution in [0, 0.1) is 11.8 Å². The molecule has 2 rings (SSSR count). The van der Waals surface area contributed by atoms with Crippen LogP contribution < -0.4 is 5.32 Å². The molecule has 2 aliphatic rings. The summed E-state index contributed by atoms with van der Waals surface area (Å²) in [5.41, 5.74) is -0.377. The fourth-order valence-electron chi connectivity index (χ4n) is 4.14. The molecule has 0 saturated carbocycles.